The SMILES string of the molecule is O=C(Cc1cnc[nH]1)N1CCOC[C@](O)(COc2ccc(F)cc2)C1. The fourth-order valence-electron chi connectivity index (χ4n) is 2.62. The number of nitrogens with one attached hydrogen (secondary N) is 1. The number of benzene rings is 1. The van der Waals surface area contributed by atoms with Crippen molar-refractivity contribution in [2.24, 2.45) is 0 Å². The molecular formula is C17H20FN3O4. The van der Waals surface area contributed by atoms with E-state index in [1.165, 1.54) is 30.6 Å². The summed E-state index contributed by atoms with van der Waals surface area (Å²) < 4.78 is 23.9. The summed E-state index contributed by atoms with van der Waals surface area (Å²) in [5, 5.41) is 10.8. The van der Waals surface area contributed by atoms with Gasteiger partial charge in [-0.3, -0.25) is 4.79 Å². The quantitative estimate of drug-likeness (QED) is 0.832. The molecule has 1 aromatic carbocycles. The first-order valence-corrected chi connectivity index (χ1v) is 7.98. The van der Waals surface area contributed by atoms with Crippen molar-refractivity contribution in [3.63, 3.8) is 0 Å². The number of nitrogens with zero attached hydrogens (tertiary/aromatic N) is 2. The molecule has 7 nitrogen and oxygen atoms in total. The first-order valence-electron chi connectivity index (χ1n) is 7.98. The number of aromatic amines is 1. The van der Waals surface area contributed by atoms with Crippen molar-refractivity contribution in [1.29, 1.82) is 0 Å². The van der Waals surface area contributed by atoms with E-state index in [0.29, 0.717) is 24.6 Å². The molecule has 1 aliphatic rings. The molecule has 1 saturated heterocycles. The maximum atomic E-state index is 12.9. The van der Waals surface area contributed by atoms with Gasteiger partial charge in [-0.05, 0) is 24.3 Å². The van der Waals surface area contributed by atoms with Crippen molar-refractivity contribution in [2.45, 2.75) is 12.0 Å². The standard InChI is InChI=1S/C17H20FN3O4/c18-13-1-3-15(4-2-13)25-11-17(23)9-21(5-6-24-10-17)16(22)7-14-8-19-12-20-14/h1-4,8,12,23H,5-7,9-11H2,(H,19,20)/t17-/m0/s1. The highest BCUT2D eigenvalue weighted by molar-refractivity contribution is 5.78. The van der Waals surface area contributed by atoms with Gasteiger partial charge in [0.15, 0.2) is 0 Å². The number of hydrogen-bond donors (Lipinski definition) is 2. The van der Waals surface area contributed by atoms with E-state index < -0.39 is 5.60 Å². The zero-order chi connectivity index (χ0) is 17.7. The highest BCUT2D eigenvalue weighted by Crippen LogP contribution is 2.18. The van der Waals surface area contributed by atoms with Crippen molar-refractivity contribution in [3.05, 3.63) is 48.3 Å². The van der Waals surface area contributed by atoms with Crippen LogP contribution in [0.25, 0.3) is 0 Å². The van der Waals surface area contributed by atoms with Gasteiger partial charge in [-0.1, -0.05) is 0 Å². The summed E-state index contributed by atoms with van der Waals surface area (Å²) in [4.78, 5) is 20.8. The number of carbonyl (C=O) groups is 1. The molecule has 1 amide bonds. The van der Waals surface area contributed by atoms with Gasteiger partial charge < -0.3 is 24.5 Å². The van der Waals surface area contributed by atoms with Crippen molar-refractivity contribution < 1.29 is 23.8 Å². The molecule has 134 valence electrons. The summed E-state index contributed by atoms with van der Waals surface area (Å²) in [6, 6.07) is 5.53. The Morgan fingerprint density at radius 3 is 2.96 bits per heavy atom. The third-order valence-electron chi connectivity index (χ3n) is 3.93. The van der Waals surface area contributed by atoms with Gasteiger partial charge in [0.25, 0.3) is 0 Å². The molecule has 0 bridgehead atoms. The summed E-state index contributed by atoms with van der Waals surface area (Å²) in [7, 11) is 0. The Morgan fingerprint density at radius 1 is 1.44 bits per heavy atom. The van der Waals surface area contributed by atoms with Crippen molar-refractivity contribution >= 4 is 5.91 Å². The molecule has 1 aliphatic heterocycles. The number of ether oxygens (including phenoxy) is 2. The van der Waals surface area contributed by atoms with Crippen LogP contribution in [0, 0.1) is 5.82 Å². The van der Waals surface area contributed by atoms with E-state index in [-0.39, 0.29) is 37.9 Å². The summed E-state index contributed by atoms with van der Waals surface area (Å²) in [5.74, 6) is -0.0520. The first-order chi connectivity index (χ1) is 12.0. The third-order valence-corrected chi connectivity index (χ3v) is 3.93. The average molecular weight is 349 g/mol. The number of carbonyl (C=O) groups excluding carboxylic acids is 1. The zero-order valence-electron chi connectivity index (χ0n) is 13.7. The number of rotatable bonds is 5. The normalized spacial score (nSPS) is 21.0. The lowest BCUT2D eigenvalue weighted by atomic mass is 10.1. The van der Waals surface area contributed by atoms with Gasteiger partial charge >= 0.3 is 0 Å². The molecule has 0 unspecified atom stereocenters. The van der Waals surface area contributed by atoms with Crippen LogP contribution in [0.1, 0.15) is 5.69 Å². The predicted molar refractivity (Wildman–Crippen MR) is 86.5 cm³/mol. The molecule has 25 heavy (non-hydrogen) atoms. The van der Waals surface area contributed by atoms with Crippen LogP contribution in [0.15, 0.2) is 36.8 Å². The highest BCUT2D eigenvalue weighted by atomic mass is 19.1. The Morgan fingerprint density at radius 2 is 2.24 bits per heavy atom. The van der Waals surface area contributed by atoms with Crippen LogP contribution in [0.3, 0.4) is 0 Å². The Hall–Kier alpha value is -2.45. The molecule has 0 aliphatic carbocycles. The minimum atomic E-state index is -1.34. The number of amides is 1. The Kier molecular flexibility index (Phi) is 5.30. The van der Waals surface area contributed by atoms with E-state index in [9.17, 15) is 14.3 Å². The van der Waals surface area contributed by atoms with Crippen LogP contribution in [0.2, 0.25) is 0 Å². The van der Waals surface area contributed by atoms with E-state index in [1.807, 2.05) is 0 Å². The molecule has 0 spiro atoms. The van der Waals surface area contributed by atoms with Crippen LogP contribution >= 0.6 is 0 Å². The van der Waals surface area contributed by atoms with Crippen LogP contribution < -0.4 is 4.74 Å². The van der Waals surface area contributed by atoms with Crippen molar-refractivity contribution in [2.75, 3.05) is 32.9 Å². The fourth-order valence-corrected chi connectivity index (χ4v) is 2.62. The van der Waals surface area contributed by atoms with E-state index in [4.69, 9.17) is 9.47 Å². The van der Waals surface area contributed by atoms with Crippen molar-refractivity contribution in [3.8, 4) is 5.75 Å². The van der Waals surface area contributed by atoms with Crippen LogP contribution in [0.5, 0.6) is 5.75 Å². The molecule has 1 atom stereocenters. The monoisotopic (exact) mass is 349 g/mol. The maximum Gasteiger partial charge on any atom is 0.228 e. The van der Waals surface area contributed by atoms with Crippen LogP contribution in [0.4, 0.5) is 4.39 Å². The summed E-state index contributed by atoms with van der Waals surface area (Å²) in [5.41, 5.74) is -0.629. The summed E-state index contributed by atoms with van der Waals surface area (Å²) in [6.45, 7) is 0.828. The molecule has 1 aromatic heterocycles. The van der Waals surface area contributed by atoms with Gasteiger partial charge in [-0.25, -0.2) is 9.37 Å². The largest absolute Gasteiger partial charge is 0.490 e. The highest BCUT2D eigenvalue weighted by Gasteiger charge is 2.35. The molecule has 2 heterocycles. The average Bonchev–Trinajstić information content (AvgIpc) is 3.02. The maximum absolute atomic E-state index is 12.9. The number of H-pyrrole nitrogens is 1. The molecule has 3 rings (SSSR count). The summed E-state index contributed by atoms with van der Waals surface area (Å²) in [6.07, 6.45) is 3.28. The van der Waals surface area contributed by atoms with E-state index in [0.717, 1.165) is 0 Å². The molecule has 8 heteroatoms. The molecule has 2 aromatic rings. The Bertz CT molecular complexity index is 692. The smallest absolute Gasteiger partial charge is 0.228 e. The second-order valence-electron chi connectivity index (χ2n) is 6.09. The van der Waals surface area contributed by atoms with Gasteiger partial charge in [-0.15, -0.1) is 0 Å². The van der Waals surface area contributed by atoms with Gasteiger partial charge in [-0.2, -0.15) is 0 Å². The number of hydrogen-bond acceptors (Lipinski definition) is 5. The van der Waals surface area contributed by atoms with Crippen molar-refractivity contribution in [1.82, 2.24) is 14.9 Å². The lowest BCUT2D eigenvalue weighted by molar-refractivity contribution is -0.134. The molecular weight excluding hydrogens is 329 g/mol. The van der Waals surface area contributed by atoms with Gasteiger partial charge in [0.1, 0.15) is 23.8 Å². The zero-order valence-corrected chi connectivity index (χ0v) is 13.7. The van der Waals surface area contributed by atoms with Gasteiger partial charge in [0.05, 0.1) is 32.5 Å². The number of halogens is 1. The second kappa shape index (κ2) is 7.62. The topological polar surface area (TPSA) is 87.7 Å². The van der Waals surface area contributed by atoms with E-state index in [2.05, 4.69) is 9.97 Å². The second-order valence-corrected chi connectivity index (χ2v) is 6.09. The van der Waals surface area contributed by atoms with E-state index in [1.54, 1.807) is 11.1 Å². The van der Waals surface area contributed by atoms with Gasteiger partial charge in [0.2, 0.25) is 5.91 Å². The minimum absolute atomic E-state index is 0.0576. The van der Waals surface area contributed by atoms with E-state index >= 15 is 0 Å². The molecule has 1 fully saturated rings. The Balaban J connectivity index is 1.61. The minimum Gasteiger partial charge on any atom is -0.490 e. The lowest BCUT2D eigenvalue weighted by Crippen LogP contribution is -2.50. The predicted octanol–water partition coefficient (Wildman–Crippen LogP) is 0.760. The molecule has 2 N–H and O–H groups in total. The van der Waals surface area contributed by atoms with Gasteiger partial charge in [0, 0.05) is 18.4 Å². The fraction of sp³-hybridized carbons (Fsp3) is 0.412. The number of β-amino-alcohol motifs (C(OH)–C–C–N with tert-alkyl or cyclic N) is 1. The Labute approximate surface area is 144 Å². The molecule has 0 saturated carbocycles. The van der Waals surface area contributed by atoms with Crippen LogP contribution in [-0.4, -0.2) is 64.4 Å². The van der Waals surface area contributed by atoms with Crippen LogP contribution in [-0.2, 0) is 16.0 Å². The summed E-state index contributed by atoms with van der Waals surface area (Å²) >= 11 is 0. The lowest BCUT2D eigenvalue weighted by Gasteiger charge is -2.30. The molecule has 0 radical (unpaired) electrons. The third kappa shape index (κ3) is 4.77. The first kappa shape index (κ1) is 17.4. The number of imidazole rings is 1. The number of aliphatic hydroxyl groups is 1. The number of aromatic nitrogens is 2.